The molecule has 4 heteroatoms. The molecule has 0 radical (unpaired) electrons. The zero-order valence-corrected chi connectivity index (χ0v) is 6.45. The molecule has 1 unspecified atom stereocenters. The van der Waals surface area contributed by atoms with E-state index in [1.165, 1.54) is 0 Å². The summed E-state index contributed by atoms with van der Waals surface area (Å²) in [5, 5.41) is 20.6. The highest BCUT2D eigenvalue weighted by atomic mass is 16.5. The predicted molar refractivity (Wildman–Crippen MR) is 38.8 cm³/mol. The maximum atomic E-state index is 9.24. The summed E-state index contributed by atoms with van der Waals surface area (Å²) in [6.45, 7) is 2.62. The van der Waals surface area contributed by atoms with Crippen LogP contribution in [0.3, 0.4) is 0 Å². The van der Waals surface area contributed by atoms with E-state index < -0.39 is 6.10 Å². The van der Waals surface area contributed by atoms with Crippen LogP contribution in [0.25, 0.3) is 0 Å². The summed E-state index contributed by atoms with van der Waals surface area (Å²) in [5.41, 5.74) is 0. The third-order valence-electron chi connectivity index (χ3n) is 1.71. The molecule has 3 atom stereocenters. The van der Waals surface area contributed by atoms with Crippen molar-refractivity contribution >= 4 is 0 Å². The summed E-state index contributed by atoms with van der Waals surface area (Å²) in [6.07, 6.45) is -0.467. The monoisotopic (exact) mass is 156 g/mol. The Morgan fingerprint density at radius 2 is 2.45 bits per heavy atom. The quantitative estimate of drug-likeness (QED) is 0.552. The Bertz CT molecular complexity index is 166. The van der Waals surface area contributed by atoms with Gasteiger partial charge in [-0.2, -0.15) is 5.26 Å². The predicted octanol–water partition coefficient (Wildman–Crippen LogP) is -0.752. The number of aliphatic hydroxyl groups is 1. The van der Waals surface area contributed by atoms with Crippen molar-refractivity contribution < 1.29 is 9.84 Å². The molecule has 1 aliphatic heterocycles. The van der Waals surface area contributed by atoms with Crippen LogP contribution in [0.2, 0.25) is 0 Å². The summed E-state index contributed by atoms with van der Waals surface area (Å²) in [4.78, 5) is 0. The van der Waals surface area contributed by atoms with E-state index in [0.29, 0.717) is 13.2 Å². The Labute approximate surface area is 65.8 Å². The fraction of sp³-hybridized carbons (Fsp3) is 0.857. The van der Waals surface area contributed by atoms with Crippen LogP contribution in [0.1, 0.15) is 6.92 Å². The molecule has 1 aliphatic rings. The number of hydrogen-bond acceptors (Lipinski definition) is 4. The van der Waals surface area contributed by atoms with E-state index in [1.807, 2.05) is 6.07 Å². The molecule has 0 amide bonds. The SMILES string of the molecule is CC(C#N)N[C@@H]1COC[C@H]1O. The average Bonchev–Trinajstić information content (AvgIpc) is 2.37. The molecule has 1 heterocycles. The van der Waals surface area contributed by atoms with Gasteiger partial charge in [0.05, 0.1) is 37.5 Å². The first-order valence-electron chi connectivity index (χ1n) is 3.65. The molecule has 0 aromatic carbocycles. The largest absolute Gasteiger partial charge is 0.389 e. The fourth-order valence-electron chi connectivity index (χ4n) is 1.06. The number of nitrogens with one attached hydrogen (secondary N) is 1. The van der Waals surface area contributed by atoms with Gasteiger partial charge in [0.15, 0.2) is 0 Å². The summed E-state index contributed by atoms with van der Waals surface area (Å²) < 4.78 is 4.99. The van der Waals surface area contributed by atoms with E-state index >= 15 is 0 Å². The summed E-state index contributed by atoms with van der Waals surface area (Å²) in [7, 11) is 0. The second-order valence-corrected chi connectivity index (χ2v) is 2.73. The summed E-state index contributed by atoms with van der Waals surface area (Å²) in [6, 6.07) is 1.73. The Hall–Kier alpha value is -0.630. The van der Waals surface area contributed by atoms with Gasteiger partial charge < -0.3 is 9.84 Å². The molecule has 0 spiro atoms. The van der Waals surface area contributed by atoms with Gasteiger partial charge in [0, 0.05) is 0 Å². The van der Waals surface area contributed by atoms with Gasteiger partial charge >= 0.3 is 0 Å². The minimum absolute atomic E-state index is 0.0790. The highest BCUT2D eigenvalue weighted by Crippen LogP contribution is 2.05. The second-order valence-electron chi connectivity index (χ2n) is 2.73. The van der Waals surface area contributed by atoms with Crippen LogP contribution in [-0.2, 0) is 4.74 Å². The molecule has 1 saturated heterocycles. The van der Waals surface area contributed by atoms with Crippen LogP contribution in [0.15, 0.2) is 0 Å². The lowest BCUT2D eigenvalue weighted by Gasteiger charge is -2.15. The maximum Gasteiger partial charge on any atom is 0.0949 e. The number of hydrogen-bond donors (Lipinski definition) is 2. The number of rotatable bonds is 2. The highest BCUT2D eigenvalue weighted by Gasteiger charge is 2.26. The van der Waals surface area contributed by atoms with E-state index in [4.69, 9.17) is 10.00 Å². The van der Waals surface area contributed by atoms with Crippen LogP contribution in [0, 0.1) is 11.3 Å². The molecule has 1 fully saturated rings. The lowest BCUT2D eigenvalue weighted by molar-refractivity contribution is 0.122. The van der Waals surface area contributed by atoms with Crippen molar-refractivity contribution in [2.45, 2.75) is 25.1 Å². The third-order valence-corrected chi connectivity index (χ3v) is 1.71. The lowest BCUT2D eigenvalue weighted by atomic mass is 10.2. The summed E-state index contributed by atoms with van der Waals surface area (Å²) >= 11 is 0. The van der Waals surface area contributed by atoms with Gasteiger partial charge in [-0.05, 0) is 6.92 Å². The molecule has 0 saturated carbocycles. The van der Waals surface area contributed by atoms with Crippen LogP contribution in [0.5, 0.6) is 0 Å². The topological polar surface area (TPSA) is 65.3 Å². The maximum absolute atomic E-state index is 9.24. The van der Waals surface area contributed by atoms with Crippen LogP contribution < -0.4 is 5.32 Å². The Morgan fingerprint density at radius 1 is 1.73 bits per heavy atom. The van der Waals surface area contributed by atoms with E-state index in [2.05, 4.69) is 5.32 Å². The van der Waals surface area contributed by atoms with E-state index in [0.717, 1.165) is 0 Å². The van der Waals surface area contributed by atoms with E-state index in [9.17, 15) is 5.11 Å². The van der Waals surface area contributed by atoms with Crippen molar-refractivity contribution in [1.29, 1.82) is 5.26 Å². The zero-order chi connectivity index (χ0) is 8.27. The van der Waals surface area contributed by atoms with Gasteiger partial charge in [-0.15, -0.1) is 0 Å². The molecule has 4 nitrogen and oxygen atoms in total. The van der Waals surface area contributed by atoms with E-state index in [1.54, 1.807) is 6.92 Å². The molecular weight excluding hydrogens is 144 g/mol. The first-order chi connectivity index (χ1) is 5.24. The molecule has 62 valence electrons. The average molecular weight is 156 g/mol. The van der Waals surface area contributed by atoms with Gasteiger partial charge in [-0.3, -0.25) is 5.32 Å². The number of ether oxygens (including phenoxy) is 1. The van der Waals surface area contributed by atoms with Crippen molar-refractivity contribution in [1.82, 2.24) is 5.32 Å². The van der Waals surface area contributed by atoms with Crippen LogP contribution in [-0.4, -0.2) is 36.5 Å². The molecule has 2 N–H and O–H groups in total. The smallest absolute Gasteiger partial charge is 0.0949 e. The molecule has 11 heavy (non-hydrogen) atoms. The van der Waals surface area contributed by atoms with Crippen molar-refractivity contribution in [2.24, 2.45) is 0 Å². The third kappa shape index (κ3) is 2.15. The molecule has 0 aliphatic carbocycles. The Morgan fingerprint density at radius 3 is 2.91 bits per heavy atom. The number of nitriles is 1. The fourth-order valence-corrected chi connectivity index (χ4v) is 1.06. The first kappa shape index (κ1) is 8.47. The second kappa shape index (κ2) is 3.67. The van der Waals surface area contributed by atoms with Gasteiger partial charge in [-0.25, -0.2) is 0 Å². The van der Waals surface area contributed by atoms with Crippen LogP contribution >= 0.6 is 0 Å². The normalized spacial score (nSPS) is 33.2. The van der Waals surface area contributed by atoms with Gasteiger partial charge in [0.25, 0.3) is 0 Å². The summed E-state index contributed by atoms with van der Waals surface area (Å²) in [5.74, 6) is 0. The first-order valence-corrected chi connectivity index (χ1v) is 3.65. The molecule has 0 bridgehead atoms. The Balaban J connectivity index is 2.32. The van der Waals surface area contributed by atoms with Crippen molar-refractivity contribution in [3.63, 3.8) is 0 Å². The minimum atomic E-state index is -0.467. The Kier molecular flexibility index (Phi) is 2.83. The minimum Gasteiger partial charge on any atom is -0.389 e. The number of nitrogens with zero attached hydrogens (tertiary/aromatic N) is 1. The van der Waals surface area contributed by atoms with Gasteiger partial charge in [-0.1, -0.05) is 0 Å². The van der Waals surface area contributed by atoms with E-state index in [-0.39, 0.29) is 12.1 Å². The lowest BCUT2D eigenvalue weighted by Crippen LogP contribution is -2.43. The molecule has 0 aromatic heterocycles. The molecular formula is C7H12N2O2. The van der Waals surface area contributed by atoms with Gasteiger partial charge in [0.1, 0.15) is 0 Å². The highest BCUT2D eigenvalue weighted by molar-refractivity contribution is 4.91. The number of aliphatic hydroxyl groups excluding tert-OH is 1. The van der Waals surface area contributed by atoms with Crippen molar-refractivity contribution in [3.05, 3.63) is 0 Å². The van der Waals surface area contributed by atoms with Crippen LogP contribution in [0.4, 0.5) is 0 Å². The van der Waals surface area contributed by atoms with Crippen molar-refractivity contribution in [3.8, 4) is 6.07 Å². The molecule has 1 rings (SSSR count). The van der Waals surface area contributed by atoms with Crippen molar-refractivity contribution in [2.75, 3.05) is 13.2 Å². The standard InChI is InChI=1S/C7H12N2O2/c1-5(2-8)9-6-3-11-4-7(6)10/h5-7,9-10H,3-4H2,1H3/t5?,6-,7-/m1/s1. The molecule has 0 aromatic rings. The van der Waals surface area contributed by atoms with Gasteiger partial charge in [0.2, 0.25) is 0 Å². The zero-order valence-electron chi connectivity index (χ0n) is 6.45.